The van der Waals surface area contributed by atoms with Gasteiger partial charge in [-0.1, -0.05) is 4.40 Å². The van der Waals surface area contributed by atoms with Crippen LogP contribution in [0.2, 0.25) is 0 Å². The van der Waals surface area contributed by atoms with Gasteiger partial charge in [-0.25, -0.2) is 14.2 Å². The molecule has 1 heterocycles. The molecule has 1 aromatic carbocycles. The van der Waals surface area contributed by atoms with Crippen LogP contribution in [0.15, 0.2) is 27.6 Å². The number of carbonyl (C=O) groups is 1. The zero-order valence-corrected chi connectivity index (χ0v) is 21.9. The lowest BCUT2D eigenvalue weighted by atomic mass is 10.00. The first-order valence-corrected chi connectivity index (χ1v) is 12.1. The lowest BCUT2D eigenvalue weighted by molar-refractivity contribution is 0.0303. The van der Waals surface area contributed by atoms with E-state index in [4.69, 9.17) is 9.47 Å². The van der Waals surface area contributed by atoms with Gasteiger partial charge in [-0.2, -0.15) is 0 Å². The topological polar surface area (TPSA) is 86.5 Å². The van der Waals surface area contributed by atoms with E-state index in [1.807, 2.05) is 34.6 Å². The summed E-state index contributed by atoms with van der Waals surface area (Å²) in [6.45, 7) is 15.4. The minimum Gasteiger partial charge on any atom is -0.591 e. The van der Waals surface area contributed by atoms with Crippen molar-refractivity contribution >= 4 is 29.1 Å². The van der Waals surface area contributed by atoms with Crippen LogP contribution in [0.25, 0.3) is 0 Å². The number of rotatable bonds is 6. The van der Waals surface area contributed by atoms with Crippen molar-refractivity contribution < 1.29 is 23.2 Å². The number of carbonyl (C=O) groups excluding carboxylic acids is 1. The van der Waals surface area contributed by atoms with Gasteiger partial charge in [0.2, 0.25) is 5.90 Å². The molecule has 0 aromatic heterocycles. The Kier molecular flexibility index (Phi) is 8.23. The van der Waals surface area contributed by atoms with E-state index in [1.54, 1.807) is 33.9 Å². The number of halogens is 1. The largest absolute Gasteiger partial charge is 0.591 e. The molecule has 7 nitrogen and oxygen atoms in total. The van der Waals surface area contributed by atoms with E-state index in [0.29, 0.717) is 29.3 Å². The maximum Gasteiger partial charge on any atom is 0.410 e. The van der Waals surface area contributed by atoms with Gasteiger partial charge in [0.25, 0.3) is 0 Å². The Morgan fingerprint density at radius 2 is 1.94 bits per heavy atom. The molecule has 0 N–H and O–H groups in total. The molecule has 1 atom stereocenters. The highest BCUT2D eigenvalue weighted by molar-refractivity contribution is 7.91. The van der Waals surface area contributed by atoms with Gasteiger partial charge in [-0.05, 0) is 73.6 Å². The van der Waals surface area contributed by atoms with E-state index < -0.39 is 39.2 Å². The van der Waals surface area contributed by atoms with Crippen LogP contribution in [0.1, 0.15) is 72.9 Å². The molecule has 0 unspecified atom stereocenters. The molecule has 1 amide bonds. The molecular formula is C24H36FN3O4S. The third-order valence-electron chi connectivity index (χ3n) is 4.60. The molecule has 1 aliphatic rings. The molecule has 0 fully saturated rings. The van der Waals surface area contributed by atoms with Crippen LogP contribution in [-0.2, 0) is 20.8 Å². The Bertz CT molecular complexity index is 933. The number of hydrogen-bond acceptors (Lipinski definition) is 6. The van der Waals surface area contributed by atoms with Gasteiger partial charge in [0, 0.05) is 31.1 Å². The third-order valence-corrected chi connectivity index (χ3v) is 6.03. The van der Waals surface area contributed by atoms with Crippen molar-refractivity contribution in [1.29, 1.82) is 0 Å². The van der Waals surface area contributed by atoms with Crippen LogP contribution in [0.3, 0.4) is 0 Å². The van der Waals surface area contributed by atoms with Gasteiger partial charge in [-0.15, -0.1) is 0 Å². The summed E-state index contributed by atoms with van der Waals surface area (Å²) in [6.07, 6.45) is -0.242. The molecule has 184 valence electrons. The van der Waals surface area contributed by atoms with Crippen molar-refractivity contribution in [2.45, 2.75) is 77.7 Å². The maximum absolute atomic E-state index is 14.3. The summed E-state index contributed by atoms with van der Waals surface area (Å²) >= 11 is -1.59. The van der Waals surface area contributed by atoms with Crippen LogP contribution in [0.4, 0.5) is 9.18 Å². The Labute approximate surface area is 199 Å². The van der Waals surface area contributed by atoms with Crippen LogP contribution in [-0.4, -0.2) is 63.2 Å². The first-order chi connectivity index (χ1) is 15.0. The van der Waals surface area contributed by atoms with E-state index in [1.165, 1.54) is 17.0 Å². The molecule has 0 radical (unpaired) electrons. The monoisotopic (exact) mass is 481 g/mol. The van der Waals surface area contributed by atoms with Gasteiger partial charge >= 0.3 is 6.09 Å². The molecule has 0 saturated heterocycles. The molecule has 0 aliphatic carbocycles. The lowest BCUT2D eigenvalue weighted by Gasteiger charge is -2.25. The van der Waals surface area contributed by atoms with E-state index in [2.05, 4.69) is 9.39 Å². The van der Waals surface area contributed by atoms with Crippen molar-refractivity contribution in [1.82, 2.24) is 4.90 Å². The predicted octanol–water partition coefficient (Wildman–Crippen LogP) is 4.89. The van der Waals surface area contributed by atoms with Crippen LogP contribution >= 0.6 is 0 Å². The number of aliphatic imine (C=N–C) groups is 1. The zero-order chi connectivity index (χ0) is 25.2. The highest BCUT2D eigenvalue weighted by Gasteiger charge is 2.32. The normalized spacial score (nSPS) is 17.3. The second-order valence-corrected chi connectivity index (χ2v) is 12.7. The van der Waals surface area contributed by atoms with Crippen LogP contribution in [0, 0.1) is 5.82 Å². The molecule has 2 rings (SSSR count). The Hall–Kier alpha value is -2.13. The average Bonchev–Trinajstić information content (AvgIpc) is 3.01. The first kappa shape index (κ1) is 27.1. The molecule has 0 spiro atoms. The quantitative estimate of drug-likeness (QED) is 0.428. The number of amides is 1. The fourth-order valence-electron chi connectivity index (χ4n) is 2.84. The van der Waals surface area contributed by atoms with Gasteiger partial charge in [0.1, 0.15) is 39.8 Å². The lowest BCUT2D eigenvalue weighted by Crippen LogP contribution is -2.35. The standard InChI is InChI=1S/C24H36FN3O4S/c1-22(2,3)32-21(29)28(9)13-12-19(27-33(30)23(4,5)6)18-14-16(25)10-11-17(18)20-26-24(7,8)15-31-20/h10-11,14H,12-13,15H2,1-9H3/b27-19+/t33-/m0/s1. The fraction of sp³-hybridized carbons (Fsp3) is 0.625. The highest BCUT2D eigenvalue weighted by atomic mass is 32.2. The Morgan fingerprint density at radius 3 is 2.45 bits per heavy atom. The number of hydrogen-bond donors (Lipinski definition) is 0. The molecule has 33 heavy (non-hydrogen) atoms. The van der Waals surface area contributed by atoms with Crippen LogP contribution < -0.4 is 0 Å². The second kappa shape index (κ2) is 10.0. The smallest absolute Gasteiger partial charge is 0.410 e. The average molecular weight is 482 g/mol. The fourth-order valence-corrected chi connectivity index (χ4v) is 3.50. The van der Waals surface area contributed by atoms with Crippen molar-refractivity contribution in [2.24, 2.45) is 9.39 Å². The maximum atomic E-state index is 14.3. The molecular weight excluding hydrogens is 445 g/mol. The van der Waals surface area contributed by atoms with Gasteiger partial charge < -0.3 is 18.9 Å². The van der Waals surface area contributed by atoms with Crippen molar-refractivity contribution in [2.75, 3.05) is 20.2 Å². The molecule has 9 heteroatoms. The molecule has 1 aromatic rings. The predicted molar refractivity (Wildman–Crippen MR) is 131 cm³/mol. The van der Waals surface area contributed by atoms with Crippen LogP contribution in [0.5, 0.6) is 0 Å². The summed E-state index contributed by atoms with van der Waals surface area (Å²) in [5.41, 5.74) is 0.400. The van der Waals surface area contributed by atoms with Gasteiger partial charge in [0.15, 0.2) is 0 Å². The zero-order valence-electron chi connectivity index (χ0n) is 21.1. The Morgan fingerprint density at radius 1 is 1.30 bits per heavy atom. The summed E-state index contributed by atoms with van der Waals surface area (Å²) in [7, 11) is 1.62. The number of ether oxygens (including phenoxy) is 2. The first-order valence-electron chi connectivity index (χ1n) is 11.0. The number of benzene rings is 1. The highest BCUT2D eigenvalue weighted by Crippen LogP contribution is 2.26. The van der Waals surface area contributed by atoms with E-state index in [-0.39, 0.29) is 13.0 Å². The Balaban J connectivity index is 2.45. The summed E-state index contributed by atoms with van der Waals surface area (Å²) in [5.74, 6) is -0.0638. The summed E-state index contributed by atoms with van der Waals surface area (Å²) in [5, 5.41) is 0. The van der Waals surface area contributed by atoms with E-state index >= 15 is 0 Å². The van der Waals surface area contributed by atoms with Crippen molar-refractivity contribution in [3.05, 3.63) is 35.1 Å². The van der Waals surface area contributed by atoms with Gasteiger partial charge in [-0.3, -0.25) is 0 Å². The second-order valence-electron chi connectivity index (χ2n) is 10.8. The summed E-state index contributed by atoms with van der Waals surface area (Å²) < 4.78 is 42.3. The molecule has 0 saturated carbocycles. The summed E-state index contributed by atoms with van der Waals surface area (Å²) in [6, 6.07) is 4.28. The van der Waals surface area contributed by atoms with Crippen molar-refractivity contribution in [3.8, 4) is 0 Å². The minimum absolute atomic E-state index is 0.240. The molecule has 1 aliphatic heterocycles. The van der Waals surface area contributed by atoms with E-state index in [9.17, 15) is 13.7 Å². The molecule has 0 bridgehead atoms. The number of nitrogens with zero attached hydrogens (tertiary/aromatic N) is 3. The van der Waals surface area contributed by atoms with Gasteiger partial charge in [0.05, 0.1) is 5.54 Å². The SMILES string of the molecule is CN(CC/C(=N\[S@@+]([O-])C(C)(C)C)c1cc(F)ccc1C1=NC(C)(C)CO1)C(=O)OC(C)(C)C. The van der Waals surface area contributed by atoms with E-state index in [0.717, 1.165) is 0 Å². The third kappa shape index (κ3) is 7.99. The minimum atomic E-state index is -1.59. The summed E-state index contributed by atoms with van der Waals surface area (Å²) in [4.78, 5) is 18.4. The van der Waals surface area contributed by atoms with Crippen molar-refractivity contribution in [3.63, 3.8) is 0 Å².